The van der Waals surface area contributed by atoms with Gasteiger partial charge in [0.1, 0.15) is 0 Å². The average molecular weight is 312 g/mol. The summed E-state index contributed by atoms with van der Waals surface area (Å²) in [5, 5.41) is 0. The summed E-state index contributed by atoms with van der Waals surface area (Å²) >= 11 is 2.39. The van der Waals surface area contributed by atoms with Crippen molar-refractivity contribution in [3.05, 3.63) is 0 Å². The normalized spacial score (nSPS) is 28.4. The second kappa shape index (κ2) is 5.19. The largest absolute Gasteiger partial charge is 0.300 e. The lowest BCUT2D eigenvalue weighted by Gasteiger charge is -2.34. The highest BCUT2D eigenvalue weighted by Crippen LogP contribution is 2.27. The van der Waals surface area contributed by atoms with Gasteiger partial charge >= 0.3 is 0 Å². The van der Waals surface area contributed by atoms with Gasteiger partial charge in [-0.1, -0.05) is 0 Å². The van der Waals surface area contributed by atoms with E-state index in [0.29, 0.717) is 0 Å². The molecule has 0 bridgehead atoms. The van der Waals surface area contributed by atoms with Crippen LogP contribution < -0.4 is 0 Å². The summed E-state index contributed by atoms with van der Waals surface area (Å²) in [5.74, 6) is 0. The van der Waals surface area contributed by atoms with Crippen LogP contribution in [-0.4, -0.2) is 41.4 Å². The third kappa shape index (κ3) is 2.73. The topological polar surface area (TPSA) is 6.48 Å². The molecule has 76 valence electrons. The van der Waals surface area contributed by atoms with E-state index in [9.17, 15) is 0 Å². The number of likely N-dealkylation sites (tertiary alicyclic amines) is 1. The summed E-state index contributed by atoms with van der Waals surface area (Å²) in [4.78, 5) is 2.70. The highest BCUT2D eigenvalue weighted by molar-refractivity contribution is 14.2. The summed E-state index contributed by atoms with van der Waals surface area (Å²) in [6.45, 7) is 5.30. The molecule has 0 saturated carbocycles. The Labute approximate surface area is 97.1 Å². The number of hydrogen-bond acceptors (Lipinski definition) is 3. The molecule has 0 spiro atoms. The Morgan fingerprint density at radius 3 is 2.15 bits per heavy atom. The van der Waals surface area contributed by atoms with Crippen molar-refractivity contribution in [3.8, 4) is 0 Å². The first-order valence-corrected chi connectivity index (χ1v) is 8.49. The van der Waals surface area contributed by atoms with Crippen LogP contribution in [0.15, 0.2) is 0 Å². The zero-order valence-corrected chi connectivity index (χ0v) is 10.9. The maximum Gasteiger partial charge on any atom is 0.0146 e. The molecule has 0 aromatic carbocycles. The standard InChI is InChI=1S/C9H17IN2S/c10-13-12-7-3-9(4-8-12)11-5-1-2-6-11/h9H,1-8H2. The second-order valence-electron chi connectivity index (χ2n) is 3.97. The van der Waals surface area contributed by atoms with Crippen molar-refractivity contribution in [2.75, 3.05) is 26.2 Å². The lowest BCUT2D eigenvalue weighted by atomic mass is 10.1. The fourth-order valence-electron chi connectivity index (χ4n) is 2.38. The molecule has 0 amide bonds. The lowest BCUT2D eigenvalue weighted by Crippen LogP contribution is -2.41. The minimum atomic E-state index is 0.905. The van der Waals surface area contributed by atoms with Crippen LogP contribution in [0.5, 0.6) is 0 Å². The van der Waals surface area contributed by atoms with Gasteiger partial charge in [-0.2, -0.15) is 0 Å². The molecule has 0 unspecified atom stereocenters. The maximum absolute atomic E-state index is 2.70. The van der Waals surface area contributed by atoms with Gasteiger partial charge in [-0.3, -0.25) is 0 Å². The summed E-state index contributed by atoms with van der Waals surface area (Å²) < 4.78 is 2.48. The molecule has 2 aliphatic heterocycles. The minimum Gasteiger partial charge on any atom is -0.300 e. The van der Waals surface area contributed by atoms with E-state index in [4.69, 9.17) is 0 Å². The van der Waals surface area contributed by atoms with E-state index in [1.54, 1.807) is 0 Å². The van der Waals surface area contributed by atoms with Crippen molar-refractivity contribution in [1.82, 2.24) is 9.21 Å². The molecule has 13 heavy (non-hydrogen) atoms. The summed E-state index contributed by atoms with van der Waals surface area (Å²) in [6.07, 6.45) is 5.63. The Morgan fingerprint density at radius 1 is 1.00 bits per heavy atom. The highest BCUT2D eigenvalue weighted by Gasteiger charge is 2.25. The molecular weight excluding hydrogens is 295 g/mol. The molecular formula is C9H17IN2S. The fraction of sp³-hybridized carbons (Fsp3) is 1.00. The van der Waals surface area contributed by atoms with E-state index in [0.717, 1.165) is 6.04 Å². The molecule has 2 fully saturated rings. The quantitative estimate of drug-likeness (QED) is 0.571. The van der Waals surface area contributed by atoms with E-state index in [2.05, 4.69) is 30.4 Å². The van der Waals surface area contributed by atoms with Gasteiger partial charge in [0.15, 0.2) is 0 Å². The number of rotatable bonds is 2. The molecule has 0 radical (unpaired) electrons. The first-order chi connectivity index (χ1) is 6.40. The number of hydrogen-bond donors (Lipinski definition) is 0. The van der Waals surface area contributed by atoms with Crippen molar-refractivity contribution in [3.63, 3.8) is 0 Å². The van der Waals surface area contributed by atoms with Gasteiger partial charge in [-0.25, -0.2) is 4.31 Å². The third-order valence-electron chi connectivity index (χ3n) is 3.18. The SMILES string of the molecule is ISN1CCC(N2CCCC2)CC1. The zero-order valence-electron chi connectivity index (χ0n) is 7.91. The predicted octanol–water partition coefficient (Wildman–Crippen LogP) is 2.54. The van der Waals surface area contributed by atoms with Crippen molar-refractivity contribution in [2.24, 2.45) is 0 Å². The van der Waals surface area contributed by atoms with Gasteiger partial charge < -0.3 is 4.90 Å². The Morgan fingerprint density at radius 2 is 1.62 bits per heavy atom. The molecule has 2 heterocycles. The van der Waals surface area contributed by atoms with E-state index in [-0.39, 0.29) is 0 Å². The molecule has 2 rings (SSSR count). The van der Waals surface area contributed by atoms with Gasteiger partial charge in [-0.05, 0) is 47.9 Å². The third-order valence-corrected chi connectivity index (χ3v) is 5.41. The van der Waals surface area contributed by atoms with Crippen molar-refractivity contribution >= 4 is 30.3 Å². The van der Waals surface area contributed by atoms with Crippen LogP contribution in [-0.2, 0) is 0 Å². The zero-order chi connectivity index (χ0) is 9.10. The molecule has 0 N–H and O–H groups in total. The fourth-order valence-corrected chi connectivity index (χ4v) is 3.91. The van der Waals surface area contributed by atoms with E-state index in [1.165, 1.54) is 51.9 Å². The Kier molecular flexibility index (Phi) is 4.19. The molecule has 0 aliphatic carbocycles. The Bertz CT molecular complexity index is 154. The first kappa shape index (κ1) is 10.5. The van der Waals surface area contributed by atoms with Crippen LogP contribution in [0.1, 0.15) is 25.7 Å². The van der Waals surface area contributed by atoms with Crippen LogP contribution in [0, 0.1) is 0 Å². The molecule has 2 aliphatic rings. The second-order valence-corrected chi connectivity index (χ2v) is 5.81. The van der Waals surface area contributed by atoms with Gasteiger partial charge in [0.05, 0.1) is 0 Å². The number of halogens is 1. The maximum atomic E-state index is 2.70. The van der Waals surface area contributed by atoms with Crippen LogP contribution in [0.25, 0.3) is 0 Å². The van der Waals surface area contributed by atoms with Gasteiger partial charge in [0.25, 0.3) is 0 Å². The minimum absolute atomic E-state index is 0.905. The molecule has 2 saturated heterocycles. The molecule has 0 atom stereocenters. The van der Waals surface area contributed by atoms with Crippen molar-refractivity contribution in [2.45, 2.75) is 31.7 Å². The van der Waals surface area contributed by atoms with Crippen LogP contribution >= 0.6 is 30.3 Å². The van der Waals surface area contributed by atoms with Crippen LogP contribution in [0.2, 0.25) is 0 Å². The lowest BCUT2D eigenvalue weighted by molar-refractivity contribution is 0.173. The number of nitrogens with zero attached hydrogens (tertiary/aromatic N) is 2. The summed E-state index contributed by atoms with van der Waals surface area (Å²) in [6, 6.07) is 0.905. The van der Waals surface area contributed by atoms with E-state index in [1.807, 2.05) is 9.12 Å². The smallest absolute Gasteiger partial charge is 0.0146 e. The van der Waals surface area contributed by atoms with Gasteiger partial charge in [0.2, 0.25) is 0 Å². The van der Waals surface area contributed by atoms with Crippen LogP contribution in [0.4, 0.5) is 0 Å². The highest BCUT2D eigenvalue weighted by atomic mass is 127. The Hall–Kier alpha value is 1.00. The van der Waals surface area contributed by atoms with E-state index >= 15 is 0 Å². The van der Waals surface area contributed by atoms with E-state index < -0.39 is 0 Å². The molecule has 2 nitrogen and oxygen atoms in total. The summed E-state index contributed by atoms with van der Waals surface area (Å²) in [5.41, 5.74) is 0. The molecule has 0 aromatic heterocycles. The van der Waals surface area contributed by atoms with Crippen LogP contribution in [0.3, 0.4) is 0 Å². The van der Waals surface area contributed by atoms with Gasteiger partial charge in [0, 0.05) is 40.3 Å². The summed E-state index contributed by atoms with van der Waals surface area (Å²) in [7, 11) is 1.88. The number of piperidine rings is 1. The monoisotopic (exact) mass is 312 g/mol. The van der Waals surface area contributed by atoms with Crippen molar-refractivity contribution < 1.29 is 0 Å². The Balaban J connectivity index is 1.77. The average Bonchev–Trinajstić information content (AvgIpc) is 2.71. The van der Waals surface area contributed by atoms with Crippen molar-refractivity contribution in [1.29, 1.82) is 0 Å². The predicted molar refractivity (Wildman–Crippen MR) is 67.0 cm³/mol. The first-order valence-electron chi connectivity index (χ1n) is 5.18. The van der Waals surface area contributed by atoms with Gasteiger partial charge in [-0.15, -0.1) is 0 Å². The molecule has 0 aromatic rings. The molecule has 4 heteroatoms.